The van der Waals surface area contributed by atoms with Crippen LogP contribution >= 0.6 is 0 Å². The molecule has 2 fully saturated rings. The topological polar surface area (TPSA) is 43.1 Å². The van der Waals surface area contributed by atoms with Crippen molar-refractivity contribution in [3.05, 3.63) is 0 Å². The van der Waals surface area contributed by atoms with Gasteiger partial charge in [0.15, 0.2) is 0 Å². The second-order valence-corrected chi connectivity index (χ2v) is 6.27. The Morgan fingerprint density at radius 1 is 1.27 bits per heavy atom. The van der Waals surface area contributed by atoms with Gasteiger partial charge in [-0.2, -0.15) is 0 Å². The number of carbonyl (C=O) groups is 1. The molecule has 5 atom stereocenters. The summed E-state index contributed by atoms with van der Waals surface area (Å²) < 4.78 is 0. The molecular formula is C13H23NO. The number of carbonyl (C=O) groups excluding carboxylic acids is 1. The first-order chi connectivity index (χ1) is 6.92. The number of primary amides is 1. The molecule has 2 aliphatic carbocycles. The highest BCUT2D eigenvalue weighted by Crippen LogP contribution is 2.52. The molecule has 0 aromatic rings. The van der Waals surface area contributed by atoms with Crippen LogP contribution in [0.1, 0.15) is 46.5 Å². The quantitative estimate of drug-likeness (QED) is 0.708. The molecule has 0 radical (unpaired) electrons. The summed E-state index contributed by atoms with van der Waals surface area (Å²) in [5.74, 6) is 2.97. The molecule has 0 aliphatic heterocycles. The highest BCUT2D eigenvalue weighted by Gasteiger charge is 2.46. The van der Waals surface area contributed by atoms with Gasteiger partial charge in [0.05, 0.1) is 0 Å². The Bertz CT molecular complexity index is 274. The van der Waals surface area contributed by atoms with Gasteiger partial charge < -0.3 is 5.73 Å². The maximum absolute atomic E-state index is 11.5. The van der Waals surface area contributed by atoms with Crippen LogP contribution in [0.2, 0.25) is 0 Å². The zero-order chi connectivity index (χ0) is 11.2. The molecule has 2 rings (SSSR count). The number of rotatable bonds is 1. The Hall–Kier alpha value is -0.530. The fourth-order valence-corrected chi connectivity index (χ4v) is 3.88. The van der Waals surface area contributed by atoms with Gasteiger partial charge in [0.25, 0.3) is 0 Å². The third kappa shape index (κ3) is 1.79. The first kappa shape index (κ1) is 11.0. The molecule has 15 heavy (non-hydrogen) atoms. The first-order valence-electron chi connectivity index (χ1n) is 6.22. The van der Waals surface area contributed by atoms with Crippen molar-refractivity contribution in [2.24, 2.45) is 34.8 Å². The van der Waals surface area contributed by atoms with Gasteiger partial charge in [-0.1, -0.05) is 20.8 Å². The smallest absolute Gasteiger partial charge is 0.223 e. The minimum absolute atomic E-state index is 0.0843. The molecule has 0 heterocycles. The Morgan fingerprint density at radius 3 is 2.53 bits per heavy atom. The minimum atomic E-state index is -0.220. The van der Waals surface area contributed by atoms with Crippen LogP contribution in [0, 0.1) is 29.1 Å². The van der Waals surface area contributed by atoms with Crippen molar-refractivity contribution in [3.8, 4) is 0 Å². The van der Waals surface area contributed by atoms with E-state index in [0.29, 0.717) is 0 Å². The summed E-state index contributed by atoms with van der Waals surface area (Å²) in [7, 11) is 0. The third-order valence-corrected chi connectivity index (χ3v) is 5.03. The molecular weight excluding hydrogens is 186 g/mol. The van der Waals surface area contributed by atoms with E-state index in [1.807, 2.05) is 0 Å². The summed E-state index contributed by atoms with van der Waals surface area (Å²) in [6.45, 7) is 6.77. The zero-order valence-electron chi connectivity index (χ0n) is 10.1. The largest absolute Gasteiger partial charge is 0.369 e. The van der Waals surface area contributed by atoms with Crippen LogP contribution in [0.15, 0.2) is 0 Å². The van der Waals surface area contributed by atoms with Crippen molar-refractivity contribution >= 4 is 5.91 Å². The lowest BCUT2D eigenvalue weighted by molar-refractivity contribution is -0.133. The summed E-state index contributed by atoms with van der Waals surface area (Å²) >= 11 is 0. The van der Waals surface area contributed by atoms with E-state index in [9.17, 15) is 4.79 Å². The molecule has 2 nitrogen and oxygen atoms in total. The first-order valence-corrected chi connectivity index (χ1v) is 6.22. The van der Waals surface area contributed by atoms with Crippen LogP contribution < -0.4 is 5.73 Å². The van der Waals surface area contributed by atoms with E-state index in [1.54, 1.807) is 0 Å². The lowest BCUT2D eigenvalue weighted by atomic mass is 9.56. The van der Waals surface area contributed by atoms with Crippen LogP contribution in [0.25, 0.3) is 0 Å². The van der Waals surface area contributed by atoms with E-state index >= 15 is 0 Å². The van der Waals surface area contributed by atoms with Crippen molar-refractivity contribution in [2.45, 2.75) is 46.5 Å². The monoisotopic (exact) mass is 209 g/mol. The number of hydrogen-bond acceptors (Lipinski definition) is 1. The molecule has 2 N–H and O–H groups in total. The van der Waals surface area contributed by atoms with Gasteiger partial charge in [0.2, 0.25) is 5.91 Å². The maximum atomic E-state index is 11.5. The summed E-state index contributed by atoms with van der Waals surface area (Å²) in [5.41, 5.74) is 5.33. The summed E-state index contributed by atoms with van der Waals surface area (Å²) in [6.07, 6.45) is 4.66. The standard InChI is InChI=1S/C13H23NO/c1-8-4-10-5-11(9(8)2)7-13(3,6-10)12(14)15/h8-11H,4-7H2,1-3H3,(H2,14,15). The summed E-state index contributed by atoms with van der Waals surface area (Å²) in [4.78, 5) is 11.5. The van der Waals surface area contributed by atoms with Gasteiger partial charge in [-0.25, -0.2) is 0 Å². The second kappa shape index (κ2) is 3.50. The van der Waals surface area contributed by atoms with Gasteiger partial charge in [-0.05, 0) is 49.4 Å². The lowest BCUT2D eigenvalue weighted by Crippen LogP contribution is -2.46. The Labute approximate surface area is 92.6 Å². The van der Waals surface area contributed by atoms with Crippen LogP contribution in [0.5, 0.6) is 0 Å². The highest BCUT2D eigenvalue weighted by molar-refractivity contribution is 5.80. The third-order valence-electron chi connectivity index (χ3n) is 5.03. The lowest BCUT2D eigenvalue weighted by Gasteiger charge is -2.49. The van der Waals surface area contributed by atoms with E-state index in [2.05, 4.69) is 20.8 Å². The molecule has 2 saturated carbocycles. The van der Waals surface area contributed by atoms with Crippen LogP contribution in [-0.2, 0) is 4.79 Å². The Morgan fingerprint density at radius 2 is 1.93 bits per heavy atom. The van der Waals surface area contributed by atoms with Gasteiger partial charge in [0, 0.05) is 5.41 Å². The highest BCUT2D eigenvalue weighted by atomic mass is 16.1. The van der Waals surface area contributed by atoms with Crippen molar-refractivity contribution in [1.29, 1.82) is 0 Å². The van der Waals surface area contributed by atoms with Gasteiger partial charge in [0.1, 0.15) is 0 Å². The van der Waals surface area contributed by atoms with Crippen molar-refractivity contribution in [3.63, 3.8) is 0 Å². The Balaban J connectivity index is 2.18. The minimum Gasteiger partial charge on any atom is -0.369 e. The normalized spacial score (nSPS) is 50.1. The predicted molar refractivity (Wildman–Crippen MR) is 61.1 cm³/mol. The van der Waals surface area contributed by atoms with E-state index in [4.69, 9.17) is 5.73 Å². The van der Waals surface area contributed by atoms with Gasteiger partial charge in [-0.3, -0.25) is 4.79 Å². The Kier molecular flexibility index (Phi) is 2.56. The van der Waals surface area contributed by atoms with E-state index in [0.717, 1.165) is 36.5 Å². The van der Waals surface area contributed by atoms with E-state index in [-0.39, 0.29) is 11.3 Å². The molecule has 86 valence electrons. The molecule has 2 bridgehead atoms. The average molecular weight is 209 g/mol. The van der Waals surface area contributed by atoms with Crippen molar-refractivity contribution in [1.82, 2.24) is 0 Å². The molecule has 0 aromatic heterocycles. The maximum Gasteiger partial charge on any atom is 0.223 e. The molecule has 0 saturated heterocycles. The molecule has 5 unspecified atom stereocenters. The number of nitrogens with two attached hydrogens (primary N) is 1. The fourth-order valence-electron chi connectivity index (χ4n) is 3.88. The molecule has 0 spiro atoms. The number of amides is 1. The molecule has 0 aromatic carbocycles. The van der Waals surface area contributed by atoms with Gasteiger partial charge >= 0.3 is 0 Å². The number of hydrogen-bond donors (Lipinski definition) is 1. The second-order valence-electron chi connectivity index (χ2n) is 6.27. The molecule has 2 aliphatic rings. The fraction of sp³-hybridized carbons (Fsp3) is 0.923. The summed E-state index contributed by atoms with van der Waals surface area (Å²) in [5, 5.41) is 0. The van der Waals surface area contributed by atoms with Crippen LogP contribution in [-0.4, -0.2) is 5.91 Å². The zero-order valence-corrected chi connectivity index (χ0v) is 10.1. The van der Waals surface area contributed by atoms with Crippen molar-refractivity contribution < 1.29 is 4.79 Å². The number of fused-ring (bicyclic) bond motifs is 2. The van der Waals surface area contributed by atoms with Gasteiger partial charge in [-0.15, -0.1) is 0 Å². The van der Waals surface area contributed by atoms with E-state index in [1.165, 1.54) is 12.8 Å². The predicted octanol–water partition coefficient (Wildman–Crippen LogP) is 2.57. The average Bonchev–Trinajstić information content (AvgIpc) is 2.13. The molecule has 2 heteroatoms. The van der Waals surface area contributed by atoms with E-state index < -0.39 is 0 Å². The van der Waals surface area contributed by atoms with Crippen molar-refractivity contribution in [2.75, 3.05) is 0 Å². The summed E-state index contributed by atoms with van der Waals surface area (Å²) in [6, 6.07) is 0. The van der Waals surface area contributed by atoms with Crippen LogP contribution in [0.3, 0.4) is 0 Å². The van der Waals surface area contributed by atoms with Crippen LogP contribution in [0.4, 0.5) is 0 Å². The molecule has 1 amide bonds. The SMILES string of the molecule is CC1CC2CC(CC(C)(C(N)=O)C2)C1C.